The van der Waals surface area contributed by atoms with Crippen molar-refractivity contribution in [3.05, 3.63) is 0 Å². The molecule has 0 spiro atoms. The number of esters is 2. The minimum Gasteiger partial charge on any atom is -0.468 e. The maximum Gasteiger partial charge on any atom is 0.316 e. The number of carbonyl (C=O) groups excluding carboxylic acids is 4. The van der Waals surface area contributed by atoms with Crippen molar-refractivity contribution < 1.29 is 28.7 Å². The fourth-order valence-electron chi connectivity index (χ4n) is 1.48. The zero-order valence-electron chi connectivity index (χ0n) is 10.3. The van der Waals surface area contributed by atoms with Crippen molar-refractivity contribution >= 4 is 82.6 Å². The summed E-state index contributed by atoms with van der Waals surface area (Å²) in [5.74, 6) is -5.66. The molecule has 17 heavy (non-hydrogen) atoms. The van der Waals surface area contributed by atoms with E-state index in [1.807, 2.05) is 0 Å². The van der Waals surface area contributed by atoms with Gasteiger partial charge in [-0.25, -0.2) is 0 Å². The van der Waals surface area contributed by atoms with E-state index in [0.717, 1.165) is 14.2 Å². The molecule has 0 heterocycles. The van der Waals surface area contributed by atoms with Gasteiger partial charge in [0, 0.05) is 59.1 Å². The fourth-order valence-corrected chi connectivity index (χ4v) is 1.48. The second kappa shape index (κ2) is 8.39. The first-order chi connectivity index (χ1) is 7.02. The first-order valence-corrected chi connectivity index (χ1v) is 4.26. The Labute approximate surface area is 142 Å². The van der Waals surface area contributed by atoms with Gasteiger partial charge >= 0.3 is 11.9 Å². The van der Waals surface area contributed by atoms with E-state index in [-0.39, 0.29) is 65.5 Å². The molecule has 2 unspecified atom stereocenters. The van der Waals surface area contributed by atoms with E-state index in [0.29, 0.717) is 0 Å². The average Bonchev–Trinajstić information content (AvgIpc) is 2.54. The molecule has 1 fully saturated rings. The molecule has 0 N–H and O–H groups in total. The number of rotatable bonds is 2. The summed E-state index contributed by atoms with van der Waals surface area (Å²) in [5, 5.41) is 0. The summed E-state index contributed by atoms with van der Waals surface area (Å²) in [6.07, 6.45) is -0.156. The molecule has 8 heteroatoms. The maximum atomic E-state index is 11.3. The van der Waals surface area contributed by atoms with Crippen molar-refractivity contribution in [2.75, 3.05) is 14.2 Å². The van der Waals surface area contributed by atoms with E-state index in [2.05, 4.69) is 9.47 Å². The number of ether oxygens (including phenoxy) is 2. The third-order valence-corrected chi connectivity index (χ3v) is 2.32. The summed E-state index contributed by atoms with van der Waals surface area (Å²) >= 11 is 0. The smallest absolute Gasteiger partial charge is 0.316 e. The SMILES string of the molecule is COC(=O)C1CC(C(=O)OC)C(=O)C1=O.[Na].[Na]. The van der Waals surface area contributed by atoms with Crippen LogP contribution in [0.25, 0.3) is 0 Å². The molecular formula is C9H10Na2O6. The molecule has 6 nitrogen and oxygen atoms in total. The van der Waals surface area contributed by atoms with Crippen LogP contribution in [0.1, 0.15) is 6.42 Å². The molecule has 0 bridgehead atoms. The first kappa shape index (κ1) is 19.6. The summed E-state index contributed by atoms with van der Waals surface area (Å²) in [6, 6.07) is 0. The molecular weight excluding hydrogens is 250 g/mol. The Hall–Kier alpha value is 0.280. The fraction of sp³-hybridized carbons (Fsp3) is 0.556. The summed E-state index contributed by atoms with van der Waals surface area (Å²) in [5.41, 5.74) is 0. The average molecular weight is 260 g/mol. The maximum absolute atomic E-state index is 11.3. The Kier molecular flexibility index (Phi) is 9.69. The standard InChI is InChI=1S/C9H10O6.2Na/c1-14-8(12)4-3-5(9(13)15-2)7(11)6(4)10;;/h4-5H,3H2,1-2H3;;. The van der Waals surface area contributed by atoms with Gasteiger partial charge in [-0.3, -0.25) is 19.2 Å². The van der Waals surface area contributed by atoms with Gasteiger partial charge in [-0.15, -0.1) is 0 Å². The van der Waals surface area contributed by atoms with E-state index in [9.17, 15) is 19.2 Å². The molecule has 1 aliphatic rings. The number of Topliss-reactive ketones (excluding diaryl/α,β-unsaturated/α-hetero) is 2. The molecule has 0 aromatic carbocycles. The monoisotopic (exact) mass is 260 g/mol. The van der Waals surface area contributed by atoms with Gasteiger partial charge in [0.05, 0.1) is 14.2 Å². The Morgan fingerprint density at radius 3 is 1.47 bits per heavy atom. The van der Waals surface area contributed by atoms with Crippen molar-refractivity contribution in [2.24, 2.45) is 11.8 Å². The van der Waals surface area contributed by atoms with Crippen molar-refractivity contribution in [3.8, 4) is 0 Å². The van der Waals surface area contributed by atoms with Crippen LogP contribution in [0.5, 0.6) is 0 Å². The molecule has 1 saturated carbocycles. The third kappa shape index (κ3) is 4.15. The molecule has 1 aliphatic carbocycles. The summed E-state index contributed by atoms with van der Waals surface area (Å²) in [7, 11) is 2.23. The summed E-state index contributed by atoms with van der Waals surface area (Å²) in [6.45, 7) is 0. The summed E-state index contributed by atoms with van der Waals surface area (Å²) in [4.78, 5) is 44.7. The zero-order valence-corrected chi connectivity index (χ0v) is 14.3. The van der Waals surface area contributed by atoms with E-state index >= 15 is 0 Å². The van der Waals surface area contributed by atoms with Gasteiger partial charge in [-0.2, -0.15) is 0 Å². The number of hydrogen-bond donors (Lipinski definition) is 0. The van der Waals surface area contributed by atoms with Crippen LogP contribution >= 0.6 is 0 Å². The van der Waals surface area contributed by atoms with E-state index in [1.165, 1.54) is 0 Å². The van der Waals surface area contributed by atoms with Crippen molar-refractivity contribution in [2.45, 2.75) is 6.42 Å². The number of methoxy groups -OCH3 is 2. The van der Waals surface area contributed by atoms with Crippen molar-refractivity contribution in [3.63, 3.8) is 0 Å². The van der Waals surface area contributed by atoms with Gasteiger partial charge in [0.2, 0.25) is 11.6 Å². The number of hydrogen-bond acceptors (Lipinski definition) is 6. The van der Waals surface area contributed by atoms with Crippen LogP contribution in [-0.2, 0) is 28.7 Å². The molecule has 0 aromatic rings. The Morgan fingerprint density at radius 2 is 1.24 bits per heavy atom. The van der Waals surface area contributed by atoms with Crippen LogP contribution in [0.3, 0.4) is 0 Å². The van der Waals surface area contributed by atoms with Gasteiger partial charge in [0.15, 0.2) is 0 Å². The molecule has 84 valence electrons. The van der Waals surface area contributed by atoms with E-state index in [4.69, 9.17) is 0 Å². The second-order valence-corrected chi connectivity index (χ2v) is 3.12. The Balaban J connectivity index is 0. The van der Waals surface area contributed by atoms with Gasteiger partial charge in [-0.05, 0) is 6.42 Å². The molecule has 0 aromatic heterocycles. The topological polar surface area (TPSA) is 86.7 Å². The zero-order chi connectivity index (χ0) is 11.6. The molecule has 0 saturated heterocycles. The molecule has 0 amide bonds. The molecule has 2 radical (unpaired) electrons. The predicted octanol–water partition coefficient (Wildman–Crippen LogP) is -1.65. The largest absolute Gasteiger partial charge is 0.468 e. The van der Waals surface area contributed by atoms with Gasteiger partial charge in [-0.1, -0.05) is 0 Å². The Bertz CT molecular complexity index is 308. The minimum absolute atomic E-state index is 0. The van der Waals surface area contributed by atoms with Crippen LogP contribution in [0.4, 0.5) is 0 Å². The van der Waals surface area contributed by atoms with Gasteiger partial charge in [0.1, 0.15) is 11.8 Å². The quantitative estimate of drug-likeness (QED) is 0.256. The van der Waals surface area contributed by atoms with Gasteiger partial charge in [0.25, 0.3) is 0 Å². The van der Waals surface area contributed by atoms with Gasteiger partial charge < -0.3 is 9.47 Å². The van der Waals surface area contributed by atoms with Crippen LogP contribution < -0.4 is 0 Å². The number of ketones is 2. The summed E-state index contributed by atoms with van der Waals surface area (Å²) < 4.78 is 8.70. The van der Waals surface area contributed by atoms with E-state index < -0.39 is 35.3 Å². The van der Waals surface area contributed by atoms with Crippen LogP contribution in [0.2, 0.25) is 0 Å². The molecule has 1 rings (SSSR count). The van der Waals surface area contributed by atoms with Crippen molar-refractivity contribution in [1.29, 1.82) is 0 Å². The van der Waals surface area contributed by atoms with Crippen molar-refractivity contribution in [1.82, 2.24) is 0 Å². The predicted molar refractivity (Wildman–Crippen MR) is 57.2 cm³/mol. The molecule has 0 aliphatic heterocycles. The molecule has 2 atom stereocenters. The Morgan fingerprint density at radius 1 is 0.941 bits per heavy atom. The minimum atomic E-state index is -1.16. The normalized spacial score (nSPS) is 22.2. The van der Waals surface area contributed by atoms with Crippen LogP contribution in [-0.4, -0.2) is 96.8 Å². The second-order valence-electron chi connectivity index (χ2n) is 3.12. The first-order valence-electron chi connectivity index (χ1n) is 4.26. The third-order valence-electron chi connectivity index (χ3n) is 2.32. The van der Waals surface area contributed by atoms with Crippen LogP contribution in [0.15, 0.2) is 0 Å². The van der Waals surface area contributed by atoms with Crippen LogP contribution in [0, 0.1) is 11.8 Å². The number of carbonyl (C=O) groups is 4. The van der Waals surface area contributed by atoms with E-state index in [1.54, 1.807) is 0 Å².